The molecule has 2 nitrogen and oxygen atoms in total. The van der Waals surface area contributed by atoms with Crippen LogP contribution in [0.2, 0.25) is 10.0 Å². The minimum Gasteiger partial charge on any atom is -0.458 e. The zero-order chi connectivity index (χ0) is 15.8. The lowest BCUT2D eigenvalue weighted by Crippen LogP contribution is -2.00. The third-order valence-electron chi connectivity index (χ3n) is 2.80. The van der Waals surface area contributed by atoms with E-state index < -0.39 is 0 Å². The Kier molecular flexibility index (Phi) is 6.26. The normalized spacial score (nSPS) is 11.2. The van der Waals surface area contributed by atoms with Crippen molar-refractivity contribution in [3.8, 4) is 0 Å². The van der Waals surface area contributed by atoms with Gasteiger partial charge in [0.2, 0.25) is 0 Å². The average molecular weight is 333 g/mol. The number of ether oxygens (including phenoxy) is 1. The molecule has 0 bridgehead atoms. The van der Waals surface area contributed by atoms with Crippen molar-refractivity contribution < 1.29 is 9.53 Å². The van der Waals surface area contributed by atoms with E-state index in [1.165, 1.54) is 6.08 Å². The highest BCUT2D eigenvalue weighted by molar-refractivity contribution is 6.42. The minimum atomic E-state index is -0.386. The molecule has 0 fully saturated rings. The van der Waals surface area contributed by atoms with Crippen LogP contribution in [0.15, 0.2) is 66.8 Å². The van der Waals surface area contributed by atoms with Crippen molar-refractivity contribution in [3.05, 3.63) is 87.9 Å². The topological polar surface area (TPSA) is 26.3 Å². The van der Waals surface area contributed by atoms with Gasteiger partial charge in [0.05, 0.1) is 10.0 Å². The van der Waals surface area contributed by atoms with E-state index in [1.807, 2.05) is 42.5 Å². The van der Waals surface area contributed by atoms with Crippen molar-refractivity contribution >= 4 is 35.2 Å². The van der Waals surface area contributed by atoms with Gasteiger partial charge in [-0.25, -0.2) is 4.79 Å². The monoisotopic (exact) mass is 332 g/mol. The molecule has 112 valence electrons. The van der Waals surface area contributed by atoms with Crippen LogP contribution in [-0.4, -0.2) is 5.97 Å². The second kappa shape index (κ2) is 8.42. The highest BCUT2D eigenvalue weighted by Crippen LogP contribution is 2.23. The van der Waals surface area contributed by atoms with Gasteiger partial charge < -0.3 is 4.74 Å². The van der Waals surface area contributed by atoms with E-state index in [4.69, 9.17) is 27.9 Å². The fourth-order valence-electron chi connectivity index (χ4n) is 1.69. The number of esters is 1. The van der Waals surface area contributed by atoms with Crippen LogP contribution in [0.5, 0.6) is 0 Å². The van der Waals surface area contributed by atoms with Gasteiger partial charge in [-0.3, -0.25) is 0 Å². The van der Waals surface area contributed by atoms with Crippen molar-refractivity contribution in [1.29, 1.82) is 0 Å². The molecule has 4 heteroatoms. The molecule has 0 atom stereocenters. The van der Waals surface area contributed by atoms with E-state index in [2.05, 4.69) is 0 Å². The molecule has 0 unspecified atom stereocenters. The van der Waals surface area contributed by atoms with Crippen molar-refractivity contribution in [1.82, 2.24) is 0 Å². The summed E-state index contributed by atoms with van der Waals surface area (Å²) in [5.74, 6) is -0.386. The van der Waals surface area contributed by atoms with Crippen LogP contribution in [0.4, 0.5) is 0 Å². The molecule has 2 rings (SSSR count). The summed E-state index contributed by atoms with van der Waals surface area (Å²) in [6, 6.07) is 14.8. The van der Waals surface area contributed by atoms with Crippen LogP contribution in [0.3, 0.4) is 0 Å². The Morgan fingerprint density at radius 2 is 1.77 bits per heavy atom. The first kappa shape index (κ1) is 16.3. The Bertz CT molecular complexity index is 691. The van der Waals surface area contributed by atoms with Gasteiger partial charge >= 0.3 is 5.97 Å². The number of hydrogen-bond acceptors (Lipinski definition) is 2. The second-order valence-electron chi connectivity index (χ2n) is 4.49. The van der Waals surface area contributed by atoms with Gasteiger partial charge in [-0.1, -0.05) is 77.8 Å². The zero-order valence-corrected chi connectivity index (χ0v) is 13.2. The second-order valence-corrected chi connectivity index (χ2v) is 5.30. The summed E-state index contributed by atoms with van der Waals surface area (Å²) >= 11 is 11.8. The number of carbonyl (C=O) groups excluding carboxylic acids is 1. The molecule has 2 aromatic rings. The lowest BCUT2D eigenvalue weighted by molar-refractivity contribution is -0.139. The van der Waals surface area contributed by atoms with Gasteiger partial charge in [0, 0.05) is 6.08 Å². The van der Waals surface area contributed by atoms with E-state index in [1.54, 1.807) is 24.3 Å². The summed E-state index contributed by atoms with van der Waals surface area (Å²) in [5, 5.41) is 1.01. The Morgan fingerprint density at radius 1 is 1.00 bits per heavy atom. The Hall–Kier alpha value is -2.03. The first-order valence-electron chi connectivity index (χ1n) is 6.65. The van der Waals surface area contributed by atoms with Crippen molar-refractivity contribution in [2.45, 2.75) is 6.61 Å². The molecule has 0 saturated heterocycles. The quantitative estimate of drug-likeness (QED) is 0.421. The Labute approximate surface area is 139 Å². The lowest BCUT2D eigenvalue weighted by Gasteiger charge is -2.01. The van der Waals surface area contributed by atoms with Crippen molar-refractivity contribution in [2.24, 2.45) is 0 Å². The highest BCUT2D eigenvalue weighted by Gasteiger charge is 1.98. The standard InChI is InChI=1S/C18H14Cl2O2/c19-16-11-10-14(12-17(16)20)6-4-5-9-18(21)22-13-15-7-2-1-3-8-15/h1-12H,13H2/b6-4+,9-5+. The van der Waals surface area contributed by atoms with E-state index in [0.717, 1.165) is 11.1 Å². The maximum Gasteiger partial charge on any atom is 0.331 e. The SMILES string of the molecule is O=C(/C=C/C=C/c1ccc(Cl)c(Cl)c1)OCc1ccccc1. The van der Waals surface area contributed by atoms with Crippen LogP contribution >= 0.6 is 23.2 Å². The first-order valence-corrected chi connectivity index (χ1v) is 7.41. The van der Waals surface area contributed by atoms with E-state index in [0.29, 0.717) is 10.0 Å². The molecule has 0 amide bonds. The number of rotatable bonds is 5. The molecular weight excluding hydrogens is 319 g/mol. The van der Waals surface area contributed by atoms with Gasteiger partial charge in [0.25, 0.3) is 0 Å². The van der Waals surface area contributed by atoms with Crippen LogP contribution < -0.4 is 0 Å². The molecule has 2 aromatic carbocycles. The molecule has 0 radical (unpaired) electrons. The average Bonchev–Trinajstić information content (AvgIpc) is 2.54. The van der Waals surface area contributed by atoms with Gasteiger partial charge in [-0.15, -0.1) is 0 Å². The summed E-state index contributed by atoms with van der Waals surface area (Å²) < 4.78 is 5.12. The first-order chi connectivity index (χ1) is 10.6. The predicted octanol–water partition coefficient (Wildman–Crippen LogP) is 5.31. The van der Waals surface area contributed by atoms with Crippen LogP contribution in [-0.2, 0) is 16.1 Å². The smallest absolute Gasteiger partial charge is 0.331 e. The van der Waals surface area contributed by atoms with E-state index >= 15 is 0 Å². The van der Waals surface area contributed by atoms with Crippen LogP contribution in [0, 0.1) is 0 Å². The predicted molar refractivity (Wildman–Crippen MR) is 90.9 cm³/mol. The summed E-state index contributed by atoms with van der Waals surface area (Å²) in [5.41, 5.74) is 1.85. The van der Waals surface area contributed by atoms with Crippen molar-refractivity contribution in [3.63, 3.8) is 0 Å². The minimum absolute atomic E-state index is 0.264. The summed E-state index contributed by atoms with van der Waals surface area (Å²) in [6.07, 6.45) is 6.55. The fraction of sp³-hybridized carbons (Fsp3) is 0.0556. The molecule has 0 aliphatic carbocycles. The van der Waals surface area contributed by atoms with Crippen LogP contribution in [0.25, 0.3) is 6.08 Å². The number of allylic oxidation sites excluding steroid dienone is 2. The molecule has 22 heavy (non-hydrogen) atoms. The number of halogens is 2. The summed E-state index contributed by atoms with van der Waals surface area (Å²) in [4.78, 5) is 11.5. The third-order valence-corrected chi connectivity index (χ3v) is 3.54. The molecule has 0 aromatic heterocycles. The summed E-state index contributed by atoms with van der Waals surface area (Å²) in [6.45, 7) is 0.264. The van der Waals surface area contributed by atoms with Gasteiger partial charge in [-0.05, 0) is 23.3 Å². The largest absolute Gasteiger partial charge is 0.458 e. The molecule has 0 N–H and O–H groups in total. The molecule has 0 saturated carbocycles. The van der Waals surface area contributed by atoms with E-state index in [-0.39, 0.29) is 12.6 Å². The lowest BCUT2D eigenvalue weighted by atomic mass is 10.2. The maximum absolute atomic E-state index is 11.5. The van der Waals surface area contributed by atoms with Gasteiger partial charge in [-0.2, -0.15) is 0 Å². The summed E-state index contributed by atoms with van der Waals surface area (Å²) in [7, 11) is 0. The number of carbonyl (C=O) groups is 1. The molecule has 0 heterocycles. The Balaban J connectivity index is 1.82. The maximum atomic E-state index is 11.5. The number of hydrogen-bond donors (Lipinski definition) is 0. The van der Waals surface area contributed by atoms with Crippen molar-refractivity contribution in [2.75, 3.05) is 0 Å². The van der Waals surface area contributed by atoms with Crippen LogP contribution in [0.1, 0.15) is 11.1 Å². The molecule has 0 spiro atoms. The van der Waals surface area contributed by atoms with Gasteiger partial charge in [0.15, 0.2) is 0 Å². The fourth-order valence-corrected chi connectivity index (χ4v) is 2.00. The molecule has 0 aliphatic rings. The zero-order valence-electron chi connectivity index (χ0n) is 11.7. The highest BCUT2D eigenvalue weighted by atomic mass is 35.5. The van der Waals surface area contributed by atoms with E-state index in [9.17, 15) is 4.79 Å². The molecule has 0 aliphatic heterocycles. The molecular formula is C18H14Cl2O2. The van der Waals surface area contributed by atoms with Gasteiger partial charge in [0.1, 0.15) is 6.61 Å². The third kappa shape index (κ3) is 5.40. The Morgan fingerprint density at radius 3 is 2.50 bits per heavy atom. The number of benzene rings is 2.